The van der Waals surface area contributed by atoms with Gasteiger partial charge in [-0.05, 0) is 33.6 Å². The summed E-state index contributed by atoms with van der Waals surface area (Å²) in [5.41, 5.74) is -0.823. The van der Waals surface area contributed by atoms with Crippen molar-refractivity contribution < 1.29 is 14.6 Å². The fourth-order valence-corrected chi connectivity index (χ4v) is 1.42. The predicted molar refractivity (Wildman–Crippen MR) is 64.2 cm³/mol. The third-order valence-corrected chi connectivity index (χ3v) is 2.68. The van der Waals surface area contributed by atoms with Gasteiger partial charge < -0.3 is 9.84 Å². The molecule has 96 valence electrons. The Morgan fingerprint density at radius 3 is 2.06 bits per heavy atom. The van der Waals surface area contributed by atoms with Gasteiger partial charge in [0, 0.05) is 5.54 Å². The molecule has 0 aliphatic carbocycles. The van der Waals surface area contributed by atoms with Crippen LogP contribution >= 0.6 is 0 Å². The van der Waals surface area contributed by atoms with Gasteiger partial charge in [-0.3, -0.25) is 10.1 Å². The van der Waals surface area contributed by atoms with Gasteiger partial charge in [-0.15, -0.1) is 0 Å². The number of carbonyl (C=O) groups excluding carboxylic acids is 1. The fourth-order valence-electron chi connectivity index (χ4n) is 1.42. The zero-order valence-corrected chi connectivity index (χ0v) is 11.1. The quantitative estimate of drug-likeness (QED) is 0.680. The van der Waals surface area contributed by atoms with Crippen molar-refractivity contribution in [3.05, 3.63) is 0 Å². The van der Waals surface area contributed by atoms with E-state index in [9.17, 15) is 9.90 Å². The Kier molecular flexibility index (Phi) is 5.97. The zero-order valence-electron chi connectivity index (χ0n) is 11.1. The second-order valence-electron chi connectivity index (χ2n) is 5.09. The molecule has 0 aromatic carbocycles. The third kappa shape index (κ3) is 5.47. The van der Waals surface area contributed by atoms with Gasteiger partial charge in [-0.2, -0.15) is 0 Å². The maximum atomic E-state index is 11.5. The van der Waals surface area contributed by atoms with E-state index in [0.717, 1.165) is 12.8 Å². The molecule has 0 fully saturated rings. The molecule has 0 saturated carbocycles. The summed E-state index contributed by atoms with van der Waals surface area (Å²) >= 11 is 0. The first-order chi connectivity index (χ1) is 7.28. The monoisotopic (exact) mass is 231 g/mol. The summed E-state index contributed by atoms with van der Waals surface area (Å²) < 4.78 is 5.18. The van der Waals surface area contributed by atoms with Crippen LogP contribution in [0.5, 0.6) is 0 Å². The standard InChI is InChI=1S/C12H25NO3/c1-6-12(7-2,9-14)13-8-10(15)16-11(3,4)5/h13-14H,6-9H2,1-5H3. The van der Waals surface area contributed by atoms with Gasteiger partial charge in [-0.1, -0.05) is 13.8 Å². The molecule has 0 radical (unpaired) electrons. The summed E-state index contributed by atoms with van der Waals surface area (Å²) in [4.78, 5) is 11.5. The average Bonchev–Trinajstić information content (AvgIpc) is 2.18. The topological polar surface area (TPSA) is 58.6 Å². The largest absolute Gasteiger partial charge is 0.459 e. The third-order valence-electron chi connectivity index (χ3n) is 2.68. The second kappa shape index (κ2) is 6.21. The molecule has 4 heteroatoms. The van der Waals surface area contributed by atoms with Crippen molar-refractivity contribution in [2.75, 3.05) is 13.2 Å². The van der Waals surface area contributed by atoms with Gasteiger partial charge in [0.15, 0.2) is 0 Å². The average molecular weight is 231 g/mol. The number of ether oxygens (including phenoxy) is 1. The minimum Gasteiger partial charge on any atom is -0.459 e. The Hall–Kier alpha value is -0.610. The van der Waals surface area contributed by atoms with Crippen LogP contribution < -0.4 is 5.32 Å². The van der Waals surface area contributed by atoms with Crippen LogP contribution in [-0.2, 0) is 9.53 Å². The summed E-state index contributed by atoms with van der Waals surface area (Å²) in [6.07, 6.45) is 1.56. The molecule has 0 aliphatic heterocycles. The molecular formula is C12H25NO3. The molecule has 0 rings (SSSR count). The highest BCUT2D eigenvalue weighted by Gasteiger charge is 2.26. The van der Waals surface area contributed by atoms with Crippen LogP contribution in [0.1, 0.15) is 47.5 Å². The molecule has 0 saturated heterocycles. The maximum Gasteiger partial charge on any atom is 0.320 e. The van der Waals surface area contributed by atoms with Crippen molar-refractivity contribution in [2.24, 2.45) is 0 Å². The molecule has 0 aromatic rings. The number of aliphatic hydroxyl groups excluding tert-OH is 1. The van der Waals surface area contributed by atoms with Crippen LogP contribution in [0.3, 0.4) is 0 Å². The van der Waals surface area contributed by atoms with E-state index >= 15 is 0 Å². The van der Waals surface area contributed by atoms with Crippen LogP contribution in [0.2, 0.25) is 0 Å². The number of rotatable bonds is 6. The van der Waals surface area contributed by atoms with Crippen molar-refractivity contribution >= 4 is 5.97 Å². The lowest BCUT2D eigenvalue weighted by molar-refractivity contribution is -0.154. The van der Waals surface area contributed by atoms with Gasteiger partial charge in [-0.25, -0.2) is 0 Å². The number of hydrogen-bond acceptors (Lipinski definition) is 4. The van der Waals surface area contributed by atoms with Gasteiger partial charge in [0.25, 0.3) is 0 Å². The molecule has 2 N–H and O–H groups in total. The van der Waals surface area contributed by atoms with Crippen molar-refractivity contribution in [1.82, 2.24) is 5.32 Å². The molecular weight excluding hydrogens is 206 g/mol. The van der Waals surface area contributed by atoms with Gasteiger partial charge in [0.2, 0.25) is 0 Å². The van der Waals surface area contributed by atoms with Crippen molar-refractivity contribution in [1.29, 1.82) is 0 Å². The van der Waals surface area contributed by atoms with E-state index in [4.69, 9.17) is 4.74 Å². The minimum absolute atomic E-state index is 0.0306. The molecule has 4 nitrogen and oxygen atoms in total. The molecule has 0 spiro atoms. The van der Waals surface area contributed by atoms with E-state index in [-0.39, 0.29) is 24.7 Å². The SMILES string of the molecule is CCC(CC)(CO)NCC(=O)OC(C)(C)C. The Morgan fingerprint density at radius 2 is 1.75 bits per heavy atom. The smallest absolute Gasteiger partial charge is 0.320 e. The van der Waals surface area contributed by atoms with Gasteiger partial charge in [0.05, 0.1) is 13.2 Å². The predicted octanol–water partition coefficient (Wildman–Crippen LogP) is 1.47. The van der Waals surface area contributed by atoms with E-state index in [0.29, 0.717) is 0 Å². The maximum absolute atomic E-state index is 11.5. The fraction of sp³-hybridized carbons (Fsp3) is 0.917. The van der Waals surface area contributed by atoms with Crippen molar-refractivity contribution in [3.63, 3.8) is 0 Å². The molecule has 16 heavy (non-hydrogen) atoms. The lowest BCUT2D eigenvalue weighted by atomic mass is 9.94. The van der Waals surface area contributed by atoms with Crippen LogP contribution in [0.25, 0.3) is 0 Å². The number of carbonyl (C=O) groups is 1. The van der Waals surface area contributed by atoms with E-state index in [2.05, 4.69) is 5.32 Å². The van der Waals surface area contributed by atoms with Crippen LogP contribution in [0.4, 0.5) is 0 Å². The van der Waals surface area contributed by atoms with E-state index in [1.54, 1.807) is 0 Å². The molecule has 0 atom stereocenters. The summed E-state index contributed by atoms with van der Waals surface area (Å²) in [5.74, 6) is -0.285. The first kappa shape index (κ1) is 15.4. The number of nitrogens with one attached hydrogen (secondary N) is 1. The summed E-state index contributed by atoms with van der Waals surface area (Å²) in [6, 6.07) is 0. The van der Waals surface area contributed by atoms with Crippen molar-refractivity contribution in [2.45, 2.75) is 58.6 Å². The lowest BCUT2D eigenvalue weighted by Gasteiger charge is -2.31. The Bertz CT molecular complexity index is 209. The zero-order chi connectivity index (χ0) is 12.8. The van der Waals surface area contributed by atoms with E-state index in [1.807, 2.05) is 34.6 Å². The Balaban J connectivity index is 4.17. The molecule has 0 bridgehead atoms. The second-order valence-corrected chi connectivity index (χ2v) is 5.09. The first-order valence-corrected chi connectivity index (χ1v) is 5.86. The van der Waals surface area contributed by atoms with Crippen LogP contribution in [0.15, 0.2) is 0 Å². The highest BCUT2D eigenvalue weighted by Crippen LogP contribution is 2.14. The summed E-state index contributed by atoms with van der Waals surface area (Å²) in [7, 11) is 0. The van der Waals surface area contributed by atoms with Gasteiger partial charge >= 0.3 is 5.97 Å². The Morgan fingerprint density at radius 1 is 1.25 bits per heavy atom. The highest BCUT2D eigenvalue weighted by molar-refractivity contribution is 5.72. The number of hydrogen-bond donors (Lipinski definition) is 2. The number of esters is 1. The molecule has 0 aromatic heterocycles. The molecule has 0 heterocycles. The molecule has 0 amide bonds. The first-order valence-electron chi connectivity index (χ1n) is 5.86. The van der Waals surface area contributed by atoms with E-state index < -0.39 is 5.60 Å². The minimum atomic E-state index is -0.459. The Labute approximate surface area is 98.4 Å². The number of aliphatic hydroxyl groups is 1. The normalized spacial score (nSPS) is 12.6. The van der Waals surface area contributed by atoms with E-state index in [1.165, 1.54) is 0 Å². The van der Waals surface area contributed by atoms with Crippen molar-refractivity contribution in [3.8, 4) is 0 Å². The lowest BCUT2D eigenvalue weighted by Crippen LogP contribution is -2.50. The van der Waals surface area contributed by atoms with Crippen LogP contribution in [-0.4, -0.2) is 35.4 Å². The van der Waals surface area contributed by atoms with Crippen LogP contribution in [0, 0.1) is 0 Å². The summed E-state index contributed by atoms with van der Waals surface area (Å²) in [6.45, 7) is 9.66. The molecule has 0 aliphatic rings. The summed E-state index contributed by atoms with van der Waals surface area (Å²) in [5, 5.41) is 12.4. The highest BCUT2D eigenvalue weighted by atomic mass is 16.6. The van der Waals surface area contributed by atoms with Gasteiger partial charge in [0.1, 0.15) is 5.60 Å². The molecule has 0 unspecified atom stereocenters.